The van der Waals surface area contributed by atoms with Crippen molar-refractivity contribution in [2.24, 2.45) is 0 Å². The van der Waals surface area contributed by atoms with Gasteiger partial charge in [-0.25, -0.2) is 4.79 Å². The molecule has 3 amide bonds. The van der Waals surface area contributed by atoms with Crippen LogP contribution in [0.1, 0.15) is 12.5 Å². The summed E-state index contributed by atoms with van der Waals surface area (Å²) in [4.78, 5) is 28.2. The maximum atomic E-state index is 12.6. The van der Waals surface area contributed by atoms with E-state index in [-0.39, 0.29) is 18.5 Å². The lowest BCUT2D eigenvalue weighted by Crippen LogP contribution is -2.37. The van der Waals surface area contributed by atoms with Crippen molar-refractivity contribution in [1.82, 2.24) is 4.90 Å². The van der Waals surface area contributed by atoms with Crippen LogP contribution in [-0.4, -0.2) is 43.1 Å². The summed E-state index contributed by atoms with van der Waals surface area (Å²) >= 11 is 3.44. The zero-order valence-corrected chi connectivity index (χ0v) is 17.0. The van der Waals surface area contributed by atoms with Crippen LogP contribution in [0.15, 0.2) is 46.9 Å². The average molecular weight is 432 g/mol. The summed E-state index contributed by atoms with van der Waals surface area (Å²) < 4.78 is 6.41. The molecule has 0 atom stereocenters. The minimum Gasteiger partial charge on any atom is -0.494 e. The number of hydrogen-bond acceptors (Lipinski definition) is 3. The van der Waals surface area contributed by atoms with Crippen molar-refractivity contribution in [2.45, 2.75) is 13.8 Å². The van der Waals surface area contributed by atoms with E-state index in [2.05, 4.69) is 21.2 Å². The average Bonchev–Trinajstić information content (AvgIpc) is 3.00. The fraction of sp³-hybridized carbons (Fsp3) is 0.300. The van der Waals surface area contributed by atoms with Crippen molar-refractivity contribution in [3.8, 4) is 5.75 Å². The highest BCUT2D eigenvalue weighted by Crippen LogP contribution is 2.24. The van der Waals surface area contributed by atoms with Crippen molar-refractivity contribution < 1.29 is 14.3 Å². The van der Waals surface area contributed by atoms with Crippen molar-refractivity contribution in [2.75, 3.05) is 36.5 Å². The molecule has 2 aromatic rings. The summed E-state index contributed by atoms with van der Waals surface area (Å²) in [6.07, 6.45) is 0. The molecule has 0 aromatic heterocycles. The fourth-order valence-electron chi connectivity index (χ4n) is 2.95. The van der Waals surface area contributed by atoms with Crippen molar-refractivity contribution in [1.29, 1.82) is 0 Å². The third kappa shape index (κ3) is 4.60. The summed E-state index contributed by atoms with van der Waals surface area (Å²) in [7, 11) is 0. The van der Waals surface area contributed by atoms with Crippen LogP contribution in [0.5, 0.6) is 5.75 Å². The van der Waals surface area contributed by atoms with E-state index >= 15 is 0 Å². The minimum absolute atomic E-state index is 0.0292. The zero-order chi connectivity index (χ0) is 19.4. The quantitative estimate of drug-likeness (QED) is 0.750. The highest BCUT2D eigenvalue weighted by Gasteiger charge is 2.30. The van der Waals surface area contributed by atoms with Gasteiger partial charge in [0.15, 0.2) is 0 Å². The molecule has 7 heteroatoms. The van der Waals surface area contributed by atoms with Crippen molar-refractivity contribution in [3.05, 3.63) is 52.5 Å². The monoisotopic (exact) mass is 431 g/mol. The van der Waals surface area contributed by atoms with Gasteiger partial charge in [0.05, 0.1) is 6.61 Å². The molecule has 1 fully saturated rings. The van der Waals surface area contributed by atoms with Crippen LogP contribution in [-0.2, 0) is 4.79 Å². The number of amides is 3. The molecule has 0 saturated carbocycles. The Morgan fingerprint density at radius 2 is 1.93 bits per heavy atom. The first kappa shape index (κ1) is 19.2. The molecule has 0 spiro atoms. The molecule has 27 heavy (non-hydrogen) atoms. The van der Waals surface area contributed by atoms with Gasteiger partial charge in [0.2, 0.25) is 5.91 Å². The summed E-state index contributed by atoms with van der Waals surface area (Å²) in [5.41, 5.74) is 2.55. The molecule has 2 aromatic carbocycles. The number of urea groups is 1. The van der Waals surface area contributed by atoms with E-state index in [1.54, 1.807) is 9.80 Å². The molecule has 0 unspecified atom stereocenters. The number of hydrogen-bond donors (Lipinski definition) is 1. The van der Waals surface area contributed by atoms with Crippen LogP contribution in [0.2, 0.25) is 0 Å². The second-order valence-corrected chi connectivity index (χ2v) is 7.15. The predicted octanol–water partition coefficient (Wildman–Crippen LogP) is 4.04. The number of benzene rings is 2. The van der Waals surface area contributed by atoms with E-state index in [4.69, 9.17) is 4.74 Å². The van der Waals surface area contributed by atoms with Gasteiger partial charge in [0.25, 0.3) is 0 Å². The van der Waals surface area contributed by atoms with E-state index in [1.165, 1.54) is 0 Å². The lowest BCUT2D eigenvalue weighted by atomic mass is 10.2. The number of anilines is 2. The van der Waals surface area contributed by atoms with Gasteiger partial charge in [0, 0.05) is 28.9 Å². The second-order valence-electron chi connectivity index (χ2n) is 6.29. The van der Waals surface area contributed by atoms with Gasteiger partial charge >= 0.3 is 6.03 Å². The van der Waals surface area contributed by atoms with E-state index < -0.39 is 0 Å². The normalized spacial score (nSPS) is 13.8. The van der Waals surface area contributed by atoms with Crippen LogP contribution in [0.3, 0.4) is 0 Å². The zero-order valence-electron chi connectivity index (χ0n) is 15.4. The first-order chi connectivity index (χ1) is 13.0. The van der Waals surface area contributed by atoms with E-state index in [0.29, 0.717) is 19.7 Å². The summed E-state index contributed by atoms with van der Waals surface area (Å²) in [6.45, 7) is 5.58. The Hall–Kier alpha value is -2.54. The second kappa shape index (κ2) is 8.43. The lowest BCUT2D eigenvalue weighted by molar-refractivity contribution is -0.116. The molecule has 1 saturated heterocycles. The number of aryl methyl sites for hydroxylation is 1. The fourth-order valence-corrected chi connectivity index (χ4v) is 3.20. The summed E-state index contributed by atoms with van der Waals surface area (Å²) in [5, 5.41) is 2.84. The number of carbonyl (C=O) groups is 2. The molecule has 0 radical (unpaired) electrons. The van der Waals surface area contributed by atoms with Crippen LogP contribution in [0, 0.1) is 6.92 Å². The number of nitrogens with zero attached hydrogens (tertiary/aromatic N) is 2. The van der Waals surface area contributed by atoms with Gasteiger partial charge in [0.1, 0.15) is 12.3 Å². The number of nitrogens with one attached hydrogen (secondary N) is 1. The maximum Gasteiger partial charge on any atom is 0.325 e. The molecule has 1 aliphatic heterocycles. The largest absolute Gasteiger partial charge is 0.494 e. The van der Waals surface area contributed by atoms with Crippen LogP contribution in [0.4, 0.5) is 16.2 Å². The Labute approximate surface area is 167 Å². The molecule has 1 aliphatic rings. The molecule has 0 aliphatic carbocycles. The molecular weight excluding hydrogens is 410 g/mol. The van der Waals surface area contributed by atoms with Gasteiger partial charge in [-0.1, -0.05) is 15.9 Å². The molecule has 1 N–H and O–H groups in total. The Morgan fingerprint density at radius 1 is 1.19 bits per heavy atom. The van der Waals surface area contributed by atoms with Crippen LogP contribution >= 0.6 is 15.9 Å². The first-order valence-corrected chi connectivity index (χ1v) is 9.62. The Kier molecular flexibility index (Phi) is 6.01. The number of rotatable bonds is 6. The van der Waals surface area contributed by atoms with Gasteiger partial charge < -0.3 is 15.0 Å². The SMILES string of the molecule is CCOc1ccc(N2CCN(CC(=O)Nc3ccc(Br)c(C)c3)C2=O)cc1. The summed E-state index contributed by atoms with van der Waals surface area (Å²) in [6, 6.07) is 12.8. The van der Waals surface area contributed by atoms with Crippen molar-refractivity contribution in [3.63, 3.8) is 0 Å². The molecule has 0 bridgehead atoms. The van der Waals surface area contributed by atoms with Gasteiger partial charge in [-0.3, -0.25) is 9.69 Å². The topological polar surface area (TPSA) is 61.9 Å². The Balaban J connectivity index is 1.59. The highest BCUT2D eigenvalue weighted by atomic mass is 79.9. The predicted molar refractivity (Wildman–Crippen MR) is 109 cm³/mol. The lowest BCUT2D eigenvalue weighted by Gasteiger charge is -2.19. The number of carbonyl (C=O) groups excluding carboxylic acids is 2. The van der Waals surface area contributed by atoms with Gasteiger partial charge in [-0.05, 0) is 61.9 Å². The molecule has 3 rings (SSSR count). The smallest absolute Gasteiger partial charge is 0.325 e. The van der Waals surface area contributed by atoms with E-state index in [0.717, 1.165) is 27.2 Å². The molecular formula is C20H22BrN3O3. The van der Waals surface area contributed by atoms with Crippen LogP contribution < -0.4 is 15.0 Å². The minimum atomic E-state index is -0.210. The number of halogens is 1. The van der Waals surface area contributed by atoms with Crippen molar-refractivity contribution >= 4 is 39.2 Å². The first-order valence-electron chi connectivity index (χ1n) is 8.83. The van der Waals surface area contributed by atoms with Gasteiger partial charge in [-0.2, -0.15) is 0 Å². The molecule has 142 valence electrons. The third-order valence-corrected chi connectivity index (χ3v) is 5.22. The standard InChI is InChI=1S/C20H22BrN3O3/c1-3-27-17-7-5-16(6-8-17)24-11-10-23(20(24)26)13-19(25)22-15-4-9-18(21)14(2)12-15/h4-9,12H,3,10-11,13H2,1-2H3,(H,22,25). The third-order valence-electron chi connectivity index (χ3n) is 4.33. The number of ether oxygens (including phenoxy) is 1. The Bertz CT molecular complexity index is 839. The molecule has 1 heterocycles. The van der Waals surface area contributed by atoms with E-state index in [1.807, 2.05) is 56.3 Å². The summed E-state index contributed by atoms with van der Waals surface area (Å²) in [5.74, 6) is 0.563. The Morgan fingerprint density at radius 3 is 2.59 bits per heavy atom. The highest BCUT2D eigenvalue weighted by molar-refractivity contribution is 9.10. The van der Waals surface area contributed by atoms with E-state index in [9.17, 15) is 9.59 Å². The molecule has 6 nitrogen and oxygen atoms in total. The van der Waals surface area contributed by atoms with Crippen LogP contribution in [0.25, 0.3) is 0 Å². The van der Waals surface area contributed by atoms with Gasteiger partial charge in [-0.15, -0.1) is 0 Å². The maximum absolute atomic E-state index is 12.6.